The van der Waals surface area contributed by atoms with Gasteiger partial charge in [0.2, 0.25) is 0 Å². The van der Waals surface area contributed by atoms with Crippen LogP contribution in [0.2, 0.25) is 0 Å². The molecule has 0 aliphatic rings. The fourth-order valence-corrected chi connectivity index (χ4v) is 8.86. The van der Waals surface area contributed by atoms with E-state index >= 15 is 0 Å². The Morgan fingerprint density at radius 2 is 0.488 bits per heavy atom. The van der Waals surface area contributed by atoms with Gasteiger partial charge in [0, 0.05) is 57.5 Å². The zero-order valence-corrected chi connectivity index (χ0v) is 45.0. The van der Waals surface area contributed by atoms with Crippen LogP contribution < -0.4 is 25.7 Å². The summed E-state index contributed by atoms with van der Waals surface area (Å²) in [6.45, 7) is 0. The predicted molar refractivity (Wildman–Crippen MR) is 315 cm³/mol. The van der Waals surface area contributed by atoms with Gasteiger partial charge in [-0.25, -0.2) is 38.4 Å². The molecule has 0 saturated carbocycles. The molecule has 9 N–H and O–H groups in total. The summed E-state index contributed by atoms with van der Waals surface area (Å²) in [5.41, 5.74) is 7.08. The molecule has 0 amide bonds. The number of hydrogen-bond donors (Lipinski definition) is 9. The van der Waals surface area contributed by atoms with Crippen molar-refractivity contribution in [1.82, 2.24) is 0 Å². The van der Waals surface area contributed by atoms with Crippen molar-refractivity contribution >= 4 is 106 Å². The summed E-state index contributed by atoms with van der Waals surface area (Å²) in [5.74, 6) is -7.93. The molecule has 0 saturated heterocycles. The van der Waals surface area contributed by atoms with Gasteiger partial charge in [0.1, 0.15) is 7.80 Å². The van der Waals surface area contributed by atoms with E-state index in [0.717, 1.165) is 39.8 Å². The third-order valence-electron chi connectivity index (χ3n) is 12.1. The molecule has 9 aromatic carbocycles. The Labute approximate surface area is 479 Å². The third-order valence-corrected chi connectivity index (χ3v) is 13.8. The molecule has 0 radical (unpaired) electrons. The summed E-state index contributed by atoms with van der Waals surface area (Å²) in [5, 5.41) is 75.0. The minimum absolute atomic E-state index is 0.129. The lowest BCUT2D eigenvalue weighted by molar-refractivity contribution is 0.0686. The first-order chi connectivity index (χ1) is 40.1. The van der Waals surface area contributed by atoms with Crippen LogP contribution in [0.1, 0.15) is 82.9 Å². The van der Waals surface area contributed by atoms with Gasteiger partial charge in [-0.15, -0.1) is 0 Å². The number of benzene rings is 9. The van der Waals surface area contributed by atoms with Crippen molar-refractivity contribution in [2.75, 3.05) is 22.2 Å². The van der Waals surface area contributed by atoms with E-state index in [1.807, 2.05) is 47.2 Å². The molecule has 0 fully saturated rings. The Bertz CT molecular complexity index is 3580. The summed E-state index contributed by atoms with van der Waals surface area (Å²) >= 11 is 0. The number of hydrogen-bond acceptors (Lipinski definition) is 12. The van der Waals surface area contributed by atoms with Gasteiger partial charge in [0.25, 0.3) is 0 Å². The lowest BCUT2D eigenvalue weighted by Gasteiger charge is -2.25. The highest BCUT2D eigenvalue weighted by molar-refractivity contribution is 7.61. The summed E-state index contributed by atoms with van der Waals surface area (Å²) in [6, 6.07) is 59.7. The zero-order chi connectivity index (χ0) is 61.0. The SMILES string of the molecule is CN(c1ccc(C(=O)O)cc1)c1ccc(C(=O)O)cc1.O=C(O)c1ccc(N(c2ccccc2)c2ccc(C(=O)O)cc2)cc1.O=C(O)c1ccc(Nc2ccc(C(=O)O)cc2)cc1.O=C(O)c1ccc([PH](=O)c2ccc(C(=O)O)cc2)cc1. The van der Waals surface area contributed by atoms with Gasteiger partial charge in [-0.05, 0) is 182 Å². The van der Waals surface area contributed by atoms with Crippen molar-refractivity contribution in [3.8, 4) is 0 Å². The highest BCUT2D eigenvalue weighted by atomic mass is 31.1. The van der Waals surface area contributed by atoms with Crippen LogP contribution in [0, 0.1) is 0 Å². The second kappa shape index (κ2) is 29.0. The maximum absolute atomic E-state index is 12.3. The molecule has 0 atom stereocenters. The number of rotatable bonds is 17. The van der Waals surface area contributed by atoms with E-state index < -0.39 is 55.6 Å². The molecule has 424 valence electrons. The van der Waals surface area contributed by atoms with Crippen LogP contribution in [0.4, 0.5) is 39.8 Å². The van der Waals surface area contributed by atoms with E-state index in [9.17, 15) is 42.9 Å². The molecule has 9 aromatic rings. The van der Waals surface area contributed by atoms with Crippen LogP contribution >= 0.6 is 7.80 Å². The highest BCUT2D eigenvalue weighted by Crippen LogP contribution is 2.35. The molecular weight excluding hydrogens is 1100 g/mol. The number of anilines is 7. The fourth-order valence-electron chi connectivity index (χ4n) is 7.59. The Morgan fingerprint density at radius 1 is 0.286 bits per heavy atom. The van der Waals surface area contributed by atoms with Crippen molar-refractivity contribution in [2.45, 2.75) is 0 Å². The number of para-hydroxylation sites is 1. The third kappa shape index (κ3) is 17.2. The van der Waals surface area contributed by atoms with Crippen molar-refractivity contribution in [3.05, 3.63) is 269 Å². The number of carboxylic acid groups (broad SMARTS) is 8. The van der Waals surface area contributed by atoms with E-state index in [1.54, 1.807) is 97.1 Å². The van der Waals surface area contributed by atoms with Gasteiger partial charge in [0.15, 0.2) is 0 Å². The first-order valence-corrected chi connectivity index (χ1v) is 26.1. The monoisotopic (exact) mass is 1150 g/mol. The predicted octanol–water partition coefficient (Wildman–Crippen LogP) is 11.8. The van der Waals surface area contributed by atoms with E-state index in [4.69, 9.17) is 40.9 Å². The zero-order valence-electron chi connectivity index (χ0n) is 44.0. The molecule has 84 heavy (non-hydrogen) atoms. The lowest BCUT2D eigenvalue weighted by atomic mass is 10.1. The normalized spacial score (nSPS) is 10.2. The molecule has 0 aliphatic carbocycles. The number of carboxylic acids is 8. The summed E-state index contributed by atoms with van der Waals surface area (Å²) in [4.78, 5) is 90.3. The molecule has 0 unspecified atom stereocenters. The van der Waals surface area contributed by atoms with Crippen molar-refractivity contribution in [2.24, 2.45) is 0 Å². The fraction of sp³-hybridized carbons (Fsp3) is 0.0159. The Kier molecular flexibility index (Phi) is 21.3. The van der Waals surface area contributed by atoms with Gasteiger partial charge in [-0.3, -0.25) is 0 Å². The van der Waals surface area contributed by atoms with E-state index in [2.05, 4.69) is 5.32 Å². The molecular formula is C63H50N3O17P. The van der Waals surface area contributed by atoms with Crippen LogP contribution in [0.3, 0.4) is 0 Å². The minimum atomic E-state index is -2.26. The molecule has 21 heteroatoms. The minimum Gasteiger partial charge on any atom is -0.478 e. The van der Waals surface area contributed by atoms with Crippen LogP contribution in [-0.2, 0) is 4.57 Å². The van der Waals surface area contributed by atoms with Crippen molar-refractivity contribution in [3.63, 3.8) is 0 Å². The highest BCUT2D eigenvalue weighted by Gasteiger charge is 2.16. The van der Waals surface area contributed by atoms with Crippen molar-refractivity contribution in [1.29, 1.82) is 0 Å². The second-order valence-electron chi connectivity index (χ2n) is 17.6. The Hall–Kier alpha value is -11.6. The first kappa shape index (κ1) is 61.6. The van der Waals surface area contributed by atoms with Crippen LogP contribution in [0.5, 0.6) is 0 Å². The maximum atomic E-state index is 12.3. The lowest BCUT2D eigenvalue weighted by Crippen LogP contribution is -2.10. The van der Waals surface area contributed by atoms with Crippen LogP contribution in [0.25, 0.3) is 0 Å². The van der Waals surface area contributed by atoms with Gasteiger partial charge in [0.05, 0.1) is 44.5 Å². The Balaban J connectivity index is 0.000000181. The quantitative estimate of drug-likeness (QED) is 0.0382. The molecule has 0 bridgehead atoms. The second-order valence-corrected chi connectivity index (χ2v) is 19.4. The van der Waals surface area contributed by atoms with E-state index in [-0.39, 0.29) is 44.5 Å². The van der Waals surface area contributed by atoms with Crippen LogP contribution in [-0.4, -0.2) is 95.7 Å². The largest absolute Gasteiger partial charge is 0.478 e. The van der Waals surface area contributed by atoms with Gasteiger partial charge < -0.3 is 60.5 Å². The average Bonchev–Trinajstić information content (AvgIpc) is 3.71. The smallest absolute Gasteiger partial charge is 0.335 e. The molecule has 0 aliphatic heterocycles. The van der Waals surface area contributed by atoms with E-state index in [1.165, 1.54) is 97.1 Å². The molecule has 20 nitrogen and oxygen atoms in total. The summed E-state index contributed by atoms with van der Waals surface area (Å²) in [7, 11) is -0.439. The van der Waals surface area contributed by atoms with Crippen molar-refractivity contribution < 1.29 is 83.8 Å². The van der Waals surface area contributed by atoms with Gasteiger partial charge in [-0.2, -0.15) is 0 Å². The molecule has 9 rings (SSSR count). The Morgan fingerprint density at radius 3 is 0.726 bits per heavy atom. The topological polar surface area (TPSA) is 334 Å². The van der Waals surface area contributed by atoms with Gasteiger partial charge >= 0.3 is 47.8 Å². The molecule has 0 aromatic heterocycles. The summed E-state index contributed by atoms with van der Waals surface area (Å²) in [6.07, 6.45) is 0. The number of nitrogens with zero attached hydrogens (tertiary/aromatic N) is 2. The van der Waals surface area contributed by atoms with Crippen LogP contribution in [0.15, 0.2) is 224 Å². The van der Waals surface area contributed by atoms with Gasteiger partial charge in [-0.1, -0.05) is 42.5 Å². The maximum Gasteiger partial charge on any atom is 0.335 e. The number of nitrogens with one attached hydrogen (secondary N) is 1. The molecule has 0 heterocycles. The van der Waals surface area contributed by atoms with E-state index in [0.29, 0.717) is 10.6 Å². The standard InChI is InChI=1S/C20H15NO4.C15H13NO4.C14H11NO4.C14H11O5P/c22-19(23)14-6-10-17(11-7-14)21(16-4-2-1-3-5-16)18-12-8-15(9-13-18)20(24)25;1-16(12-6-2-10(3-7-12)14(17)18)13-8-4-11(5-9-13)15(19)20;16-13(17)9-1-5-11(6-2-9)15-12-7-3-10(4-8-12)14(18)19;15-13(16)9-1-5-11(6-2-9)20(19)12-7-3-10(4-8-12)14(17)18/h1-13H,(H,22,23)(H,24,25);2-9H,1H3,(H,17,18)(H,19,20);1-8,15H,(H,16,17)(H,18,19);1-8,20H,(H,15,16)(H,17,18). The number of aromatic carboxylic acids is 8. The average molecular weight is 1150 g/mol. The molecule has 0 spiro atoms. The summed E-state index contributed by atoms with van der Waals surface area (Å²) < 4.78 is 12.3. The number of carbonyl (C=O) groups is 8. The first-order valence-electron chi connectivity index (χ1n) is 24.7.